The van der Waals surface area contributed by atoms with E-state index in [0.29, 0.717) is 5.25 Å². The Morgan fingerprint density at radius 2 is 2.47 bits per heavy atom. The molecule has 3 nitrogen and oxygen atoms in total. The quantitative estimate of drug-likeness (QED) is 0.916. The second-order valence-corrected chi connectivity index (χ2v) is 6.29. The molecule has 1 aliphatic rings. The molecule has 1 aromatic heterocycles. The third-order valence-electron chi connectivity index (χ3n) is 3.20. The third-order valence-corrected chi connectivity index (χ3v) is 4.97. The first-order valence-electron chi connectivity index (χ1n) is 6.32. The molecule has 0 aliphatic carbocycles. The van der Waals surface area contributed by atoms with Gasteiger partial charge >= 0.3 is 0 Å². The zero-order valence-corrected chi connectivity index (χ0v) is 11.8. The van der Waals surface area contributed by atoms with Crippen molar-refractivity contribution in [2.24, 2.45) is 5.73 Å². The Balaban J connectivity index is 2.16. The Kier molecular flexibility index (Phi) is 4.77. The van der Waals surface area contributed by atoms with Crippen LogP contribution in [0.15, 0.2) is 6.20 Å². The molecule has 2 unspecified atom stereocenters. The van der Waals surface area contributed by atoms with Gasteiger partial charge in [-0.15, -0.1) is 0 Å². The molecule has 0 aromatic carbocycles. The van der Waals surface area contributed by atoms with E-state index in [1.807, 2.05) is 16.4 Å². The second kappa shape index (κ2) is 6.12. The predicted molar refractivity (Wildman–Crippen MR) is 74.6 cm³/mol. The summed E-state index contributed by atoms with van der Waals surface area (Å²) in [5, 5.41) is 5.53. The smallest absolute Gasteiger partial charge is 0.0834 e. The van der Waals surface area contributed by atoms with Crippen LogP contribution in [0.2, 0.25) is 5.02 Å². The number of nitrogens with two attached hydrogens (primary N) is 1. The van der Waals surface area contributed by atoms with Crippen molar-refractivity contribution < 1.29 is 0 Å². The summed E-state index contributed by atoms with van der Waals surface area (Å²) in [6.45, 7) is 3.04. The highest BCUT2D eigenvalue weighted by molar-refractivity contribution is 8.00. The van der Waals surface area contributed by atoms with Gasteiger partial charge in [-0.1, -0.05) is 24.9 Å². The highest BCUT2D eigenvalue weighted by Gasteiger charge is 2.27. The van der Waals surface area contributed by atoms with Crippen LogP contribution in [0, 0.1) is 0 Å². The van der Waals surface area contributed by atoms with Crippen molar-refractivity contribution in [3.05, 3.63) is 16.9 Å². The molecule has 0 radical (unpaired) electrons. The summed E-state index contributed by atoms with van der Waals surface area (Å²) in [7, 11) is 0. The van der Waals surface area contributed by atoms with Gasteiger partial charge in [0.2, 0.25) is 0 Å². The molecular formula is C12H20ClN3S. The number of hydrogen-bond donors (Lipinski definition) is 1. The number of aryl methyl sites for hydroxylation is 1. The summed E-state index contributed by atoms with van der Waals surface area (Å²) in [5.74, 6) is 1.22. The summed E-state index contributed by atoms with van der Waals surface area (Å²) in [4.78, 5) is 0. The number of halogens is 1. The van der Waals surface area contributed by atoms with E-state index >= 15 is 0 Å². The molecule has 1 aliphatic heterocycles. The molecule has 2 heterocycles. The average molecular weight is 274 g/mol. The van der Waals surface area contributed by atoms with Crippen LogP contribution in [0.25, 0.3) is 0 Å². The van der Waals surface area contributed by atoms with Crippen LogP contribution in [0.3, 0.4) is 0 Å². The first-order valence-corrected chi connectivity index (χ1v) is 7.75. The Morgan fingerprint density at radius 1 is 1.65 bits per heavy atom. The van der Waals surface area contributed by atoms with Crippen LogP contribution in [0.5, 0.6) is 0 Å². The molecule has 2 atom stereocenters. The lowest BCUT2D eigenvalue weighted by Crippen LogP contribution is -2.29. The maximum absolute atomic E-state index is 6.38. The molecule has 96 valence electrons. The molecule has 17 heavy (non-hydrogen) atoms. The fourth-order valence-corrected chi connectivity index (χ4v) is 3.93. The molecule has 0 spiro atoms. The first kappa shape index (κ1) is 13.2. The van der Waals surface area contributed by atoms with Crippen molar-refractivity contribution >= 4 is 23.4 Å². The Bertz CT molecular complexity index is 361. The van der Waals surface area contributed by atoms with E-state index in [2.05, 4.69) is 12.0 Å². The lowest BCUT2D eigenvalue weighted by molar-refractivity contribution is 0.508. The van der Waals surface area contributed by atoms with Gasteiger partial charge < -0.3 is 5.73 Å². The van der Waals surface area contributed by atoms with Crippen LogP contribution < -0.4 is 5.73 Å². The molecular weight excluding hydrogens is 254 g/mol. The van der Waals surface area contributed by atoms with Crippen LogP contribution in [0.4, 0.5) is 0 Å². The van der Waals surface area contributed by atoms with Crippen LogP contribution in [-0.2, 0) is 6.54 Å². The van der Waals surface area contributed by atoms with Crippen molar-refractivity contribution in [1.82, 2.24) is 9.78 Å². The number of nitrogens with zero attached hydrogens (tertiary/aromatic N) is 2. The standard InChI is InChI=1S/C12H20ClN3S/c1-2-6-16-12(9(13)8-15-16)11(14)10-5-3-4-7-17-10/h8,10-11H,2-7,14H2,1H3. The minimum absolute atomic E-state index is 0.0156. The van der Waals surface area contributed by atoms with Crippen LogP contribution in [0.1, 0.15) is 44.3 Å². The van der Waals surface area contributed by atoms with Crippen molar-refractivity contribution in [2.75, 3.05) is 5.75 Å². The van der Waals surface area contributed by atoms with E-state index < -0.39 is 0 Å². The summed E-state index contributed by atoms with van der Waals surface area (Å²) >= 11 is 8.20. The Labute approximate surface area is 112 Å². The molecule has 2 N–H and O–H groups in total. The topological polar surface area (TPSA) is 43.8 Å². The van der Waals surface area contributed by atoms with Gasteiger partial charge in [-0.25, -0.2) is 0 Å². The first-order chi connectivity index (χ1) is 8.24. The predicted octanol–water partition coefficient (Wildman–Crippen LogP) is 3.23. The molecule has 0 amide bonds. The third kappa shape index (κ3) is 2.98. The monoisotopic (exact) mass is 273 g/mol. The van der Waals surface area contributed by atoms with Crippen LogP contribution in [-0.4, -0.2) is 20.8 Å². The minimum Gasteiger partial charge on any atom is -0.322 e. The largest absolute Gasteiger partial charge is 0.322 e. The van der Waals surface area contributed by atoms with Crippen molar-refractivity contribution in [3.8, 4) is 0 Å². The number of thioether (sulfide) groups is 1. The number of aromatic nitrogens is 2. The summed E-state index contributed by atoms with van der Waals surface area (Å²) in [6.07, 6.45) is 6.57. The average Bonchev–Trinajstić information content (AvgIpc) is 2.71. The summed E-state index contributed by atoms with van der Waals surface area (Å²) in [6, 6.07) is 0.0156. The summed E-state index contributed by atoms with van der Waals surface area (Å²) in [5.41, 5.74) is 7.40. The highest BCUT2D eigenvalue weighted by atomic mass is 35.5. The zero-order valence-electron chi connectivity index (χ0n) is 10.2. The van der Waals surface area contributed by atoms with Gasteiger partial charge in [0, 0.05) is 11.8 Å². The van der Waals surface area contributed by atoms with E-state index in [0.717, 1.165) is 23.7 Å². The van der Waals surface area contributed by atoms with Crippen molar-refractivity contribution in [3.63, 3.8) is 0 Å². The van der Waals surface area contributed by atoms with Gasteiger partial charge in [-0.05, 0) is 25.0 Å². The van der Waals surface area contributed by atoms with Gasteiger partial charge in [-0.2, -0.15) is 16.9 Å². The van der Waals surface area contributed by atoms with Crippen LogP contribution >= 0.6 is 23.4 Å². The van der Waals surface area contributed by atoms with Gasteiger partial charge in [0.15, 0.2) is 0 Å². The SMILES string of the molecule is CCCn1ncc(Cl)c1C(N)C1CCCCS1. The maximum atomic E-state index is 6.38. The van der Waals surface area contributed by atoms with Gasteiger partial charge in [0.25, 0.3) is 0 Å². The molecule has 2 rings (SSSR count). The zero-order chi connectivity index (χ0) is 12.3. The summed E-state index contributed by atoms with van der Waals surface area (Å²) < 4.78 is 1.97. The molecule has 1 aromatic rings. The van der Waals surface area contributed by atoms with Gasteiger partial charge in [0.1, 0.15) is 0 Å². The van der Waals surface area contributed by atoms with E-state index in [-0.39, 0.29) is 6.04 Å². The Hall–Kier alpha value is -0.190. The minimum atomic E-state index is 0.0156. The molecule has 0 bridgehead atoms. The van der Waals surface area contributed by atoms with Crippen molar-refractivity contribution in [1.29, 1.82) is 0 Å². The molecule has 5 heteroatoms. The maximum Gasteiger partial charge on any atom is 0.0834 e. The van der Waals surface area contributed by atoms with E-state index in [1.165, 1.54) is 25.0 Å². The fourth-order valence-electron chi connectivity index (χ4n) is 2.32. The fraction of sp³-hybridized carbons (Fsp3) is 0.750. The van der Waals surface area contributed by atoms with E-state index in [1.54, 1.807) is 6.20 Å². The van der Waals surface area contributed by atoms with E-state index in [9.17, 15) is 0 Å². The molecule has 0 saturated carbocycles. The molecule has 1 fully saturated rings. The number of hydrogen-bond acceptors (Lipinski definition) is 3. The number of rotatable bonds is 4. The van der Waals surface area contributed by atoms with Gasteiger partial charge in [0.05, 0.1) is 23.0 Å². The normalized spacial score (nSPS) is 22.6. The Morgan fingerprint density at radius 3 is 3.12 bits per heavy atom. The second-order valence-electron chi connectivity index (χ2n) is 4.53. The van der Waals surface area contributed by atoms with Gasteiger partial charge in [-0.3, -0.25) is 4.68 Å². The van der Waals surface area contributed by atoms with Crippen molar-refractivity contribution in [2.45, 2.75) is 50.4 Å². The van der Waals surface area contributed by atoms with E-state index in [4.69, 9.17) is 17.3 Å². The lowest BCUT2D eigenvalue weighted by Gasteiger charge is -2.27. The lowest BCUT2D eigenvalue weighted by atomic mass is 10.0. The highest BCUT2D eigenvalue weighted by Crippen LogP contribution is 2.35. The molecule has 1 saturated heterocycles.